The first-order valence-electron chi connectivity index (χ1n) is 5.88. The molecule has 21 heavy (non-hydrogen) atoms. The van der Waals surface area contributed by atoms with Crippen molar-refractivity contribution in [3.05, 3.63) is 53.6 Å². The minimum absolute atomic E-state index is 0.112. The highest BCUT2D eigenvalue weighted by molar-refractivity contribution is 7.98. The van der Waals surface area contributed by atoms with Gasteiger partial charge in [0.2, 0.25) is 0 Å². The molecule has 2 rings (SSSR count). The molecule has 0 heterocycles. The fraction of sp³-hybridized carbons (Fsp3) is 0.133. The molecular weight excluding hydrogens is 299 g/mol. The number of ether oxygens (including phenoxy) is 1. The summed E-state index contributed by atoms with van der Waals surface area (Å²) in [5.74, 6) is -0.208. The van der Waals surface area contributed by atoms with E-state index in [-0.39, 0.29) is 17.1 Å². The van der Waals surface area contributed by atoms with Gasteiger partial charge >= 0.3 is 6.18 Å². The van der Waals surface area contributed by atoms with E-state index < -0.39 is 11.7 Å². The first-order chi connectivity index (χ1) is 9.97. The van der Waals surface area contributed by atoms with Crippen LogP contribution in [0, 0.1) is 11.3 Å². The summed E-state index contributed by atoms with van der Waals surface area (Å²) >= 11 is 1.33. The first kappa shape index (κ1) is 15.3. The van der Waals surface area contributed by atoms with Crippen LogP contribution < -0.4 is 4.74 Å². The zero-order chi connectivity index (χ0) is 15.5. The number of thioether (sulfide) groups is 1. The summed E-state index contributed by atoms with van der Waals surface area (Å²) in [6, 6.07) is 11.7. The third-order valence-corrected chi connectivity index (χ3v) is 3.51. The van der Waals surface area contributed by atoms with Crippen LogP contribution in [0.1, 0.15) is 11.1 Å². The van der Waals surface area contributed by atoms with Crippen molar-refractivity contribution in [1.82, 2.24) is 0 Å². The number of nitrogens with zero attached hydrogens (tertiary/aromatic N) is 1. The molecule has 0 radical (unpaired) electrons. The van der Waals surface area contributed by atoms with E-state index >= 15 is 0 Å². The lowest BCUT2D eigenvalue weighted by atomic mass is 10.2. The Morgan fingerprint density at radius 2 is 1.71 bits per heavy atom. The molecule has 0 amide bonds. The van der Waals surface area contributed by atoms with Crippen LogP contribution in [0.2, 0.25) is 0 Å². The van der Waals surface area contributed by atoms with Crippen molar-refractivity contribution in [2.45, 2.75) is 11.1 Å². The molecule has 0 aromatic heterocycles. The second-order valence-electron chi connectivity index (χ2n) is 4.04. The molecule has 0 saturated heterocycles. The molecule has 0 spiro atoms. The molecule has 2 aromatic carbocycles. The van der Waals surface area contributed by atoms with Crippen LogP contribution in [0.15, 0.2) is 47.4 Å². The lowest BCUT2D eigenvalue weighted by molar-refractivity contribution is -0.138. The maximum absolute atomic E-state index is 12.9. The van der Waals surface area contributed by atoms with Gasteiger partial charge < -0.3 is 4.74 Å². The monoisotopic (exact) mass is 309 g/mol. The maximum atomic E-state index is 12.9. The minimum Gasteiger partial charge on any atom is -0.455 e. The van der Waals surface area contributed by atoms with Crippen molar-refractivity contribution < 1.29 is 17.9 Å². The van der Waals surface area contributed by atoms with E-state index in [2.05, 4.69) is 0 Å². The standard InChI is InChI=1S/C15H10F3NOS/c1-21-14-8-4-7-12(10(14)9-19)20-13-6-3-2-5-11(13)15(16,17)18/h2-8H,1H3. The van der Waals surface area contributed by atoms with Gasteiger partial charge in [-0.3, -0.25) is 0 Å². The van der Waals surface area contributed by atoms with Gasteiger partial charge in [-0.25, -0.2) is 0 Å². The number of benzene rings is 2. The van der Waals surface area contributed by atoms with Crippen LogP contribution in [0.5, 0.6) is 11.5 Å². The fourth-order valence-electron chi connectivity index (χ4n) is 1.78. The highest BCUT2D eigenvalue weighted by atomic mass is 32.2. The lowest BCUT2D eigenvalue weighted by Gasteiger charge is -2.14. The average Bonchev–Trinajstić information content (AvgIpc) is 2.46. The molecule has 0 fully saturated rings. The second kappa shape index (κ2) is 6.10. The Morgan fingerprint density at radius 3 is 2.33 bits per heavy atom. The largest absolute Gasteiger partial charge is 0.455 e. The van der Waals surface area contributed by atoms with Gasteiger partial charge in [-0.2, -0.15) is 18.4 Å². The Balaban J connectivity index is 2.48. The van der Waals surface area contributed by atoms with Gasteiger partial charge in [0, 0.05) is 4.90 Å². The van der Waals surface area contributed by atoms with Gasteiger partial charge in [0.05, 0.1) is 5.56 Å². The predicted octanol–water partition coefficient (Wildman–Crippen LogP) is 5.09. The molecule has 0 bridgehead atoms. The summed E-state index contributed by atoms with van der Waals surface area (Å²) < 4.78 is 44.1. The number of nitriles is 1. The van der Waals surface area contributed by atoms with E-state index in [0.29, 0.717) is 4.90 Å². The number of rotatable bonds is 3. The first-order valence-corrected chi connectivity index (χ1v) is 7.11. The van der Waals surface area contributed by atoms with Gasteiger partial charge in [-0.1, -0.05) is 18.2 Å². The maximum Gasteiger partial charge on any atom is 0.419 e. The molecular formula is C15H10F3NOS. The average molecular weight is 309 g/mol. The SMILES string of the molecule is CSc1cccc(Oc2ccccc2C(F)(F)F)c1C#N. The summed E-state index contributed by atoms with van der Waals surface area (Å²) in [6.45, 7) is 0. The normalized spacial score (nSPS) is 11.0. The van der Waals surface area contributed by atoms with E-state index in [1.807, 2.05) is 6.07 Å². The summed E-state index contributed by atoms with van der Waals surface area (Å²) in [7, 11) is 0. The third kappa shape index (κ3) is 3.31. The van der Waals surface area contributed by atoms with Crippen molar-refractivity contribution in [1.29, 1.82) is 5.26 Å². The number of halogens is 3. The Labute approximate surface area is 124 Å². The van der Waals surface area contributed by atoms with E-state index in [1.54, 1.807) is 18.4 Å². The molecule has 108 valence electrons. The highest BCUT2D eigenvalue weighted by Gasteiger charge is 2.34. The van der Waals surface area contributed by atoms with Gasteiger partial charge in [-0.15, -0.1) is 11.8 Å². The molecule has 0 atom stereocenters. The van der Waals surface area contributed by atoms with Gasteiger partial charge in [-0.05, 0) is 30.5 Å². The third-order valence-electron chi connectivity index (χ3n) is 2.73. The highest BCUT2D eigenvalue weighted by Crippen LogP contribution is 2.39. The predicted molar refractivity (Wildman–Crippen MR) is 74.5 cm³/mol. The molecule has 0 aliphatic carbocycles. The lowest BCUT2D eigenvalue weighted by Crippen LogP contribution is -2.07. The van der Waals surface area contributed by atoms with Crippen molar-refractivity contribution in [2.24, 2.45) is 0 Å². The molecule has 0 unspecified atom stereocenters. The summed E-state index contributed by atoms with van der Waals surface area (Å²) in [4.78, 5) is 0.652. The van der Waals surface area contributed by atoms with E-state index in [4.69, 9.17) is 4.74 Å². The van der Waals surface area contributed by atoms with E-state index in [0.717, 1.165) is 6.07 Å². The van der Waals surface area contributed by atoms with Crippen molar-refractivity contribution in [3.8, 4) is 17.6 Å². The number of alkyl halides is 3. The molecule has 0 aliphatic rings. The Morgan fingerprint density at radius 1 is 1.05 bits per heavy atom. The van der Waals surface area contributed by atoms with Crippen LogP contribution >= 0.6 is 11.8 Å². The zero-order valence-electron chi connectivity index (χ0n) is 10.9. The van der Waals surface area contributed by atoms with Gasteiger partial charge in [0.1, 0.15) is 23.1 Å². The molecule has 2 nitrogen and oxygen atoms in total. The molecule has 0 saturated carbocycles. The van der Waals surface area contributed by atoms with Crippen LogP contribution in [0.4, 0.5) is 13.2 Å². The Hall–Kier alpha value is -2.13. The number of para-hydroxylation sites is 1. The second-order valence-corrected chi connectivity index (χ2v) is 4.89. The Kier molecular flexibility index (Phi) is 4.43. The van der Waals surface area contributed by atoms with Crippen LogP contribution in [-0.4, -0.2) is 6.26 Å². The topological polar surface area (TPSA) is 33.0 Å². The minimum atomic E-state index is -4.51. The van der Waals surface area contributed by atoms with Crippen molar-refractivity contribution in [3.63, 3.8) is 0 Å². The summed E-state index contributed by atoms with van der Waals surface area (Å²) in [5, 5.41) is 9.17. The quantitative estimate of drug-likeness (QED) is 0.740. The smallest absolute Gasteiger partial charge is 0.419 e. The molecule has 6 heteroatoms. The van der Waals surface area contributed by atoms with Gasteiger partial charge in [0.25, 0.3) is 0 Å². The number of hydrogen-bond acceptors (Lipinski definition) is 3. The zero-order valence-corrected chi connectivity index (χ0v) is 11.8. The Bertz CT molecular complexity index is 692. The summed E-state index contributed by atoms with van der Waals surface area (Å²) in [5.41, 5.74) is -0.648. The van der Waals surface area contributed by atoms with Gasteiger partial charge in [0.15, 0.2) is 0 Å². The van der Waals surface area contributed by atoms with Crippen molar-refractivity contribution >= 4 is 11.8 Å². The van der Waals surface area contributed by atoms with Crippen LogP contribution in [-0.2, 0) is 6.18 Å². The fourth-order valence-corrected chi connectivity index (χ4v) is 2.35. The van der Waals surface area contributed by atoms with Crippen LogP contribution in [0.25, 0.3) is 0 Å². The number of hydrogen-bond donors (Lipinski definition) is 0. The summed E-state index contributed by atoms with van der Waals surface area (Å²) in [6.07, 6.45) is -2.73. The van der Waals surface area contributed by atoms with E-state index in [9.17, 15) is 18.4 Å². The molecule has 2 aromatic rings. The van der Waals surface area contributed by atoms with Crippen LogP contribution in [0.3, 0.4) is 0 Å². The van der Waals surface area contributed by atoms with Crippen molar-refractivity contribution in [2.75, 3.05) is 6.26 Å². The molecule has 0 aliphatic heterocycles. The van der Waals surface area contributed by atoms with E-state index in [1.165, 1.54) is 36.0 Å². The molecule has 0 N–H and O–H groups in total.